The summed E-state index contributed by atoms with van der Waals surface area (Å²) in [6.45, 7) is 0. The van der Waals surface area contributed by atoms with Gasteiger partial charge in [0.1, 0.15) is 0 Å². The van der Waals surface area contributed by atoms with Crippen molar-refractivity contribution >= 4 is 51.4 Å². The Kier molecular flexibility index (Phi) is 7.05. The number of carbonyl (C=O) groups excluding carboxylic acids is 2. The molecule has 2 aromatic carbocycles. The van der Waals surface area contributed by atoms with Crippen LogP contribution in [0.2, 0.25) is 0 Å². The van der Waals surface area contributed by atoms with Crippen LogP contribution >= 0.6 is 23.1 Å². The summed E-state index contributed by atoms with van der Waals surface area (Å²) in [6, 6.07) is 9.39. The number of anilines is 2. The van der Waals surface area contributed by atoms with E-state index in [2.05, 4.69) is 20.8 Å². The minimum atomic E-state index is -4.58. The Labute approximate surface area is 186 Å². The van der Waals surface area contributed by atoms with Crippen LogP contribution in [0.25, 0.3) is 0 Å². The van der Waals surface area contributed by atoms with E-state index < -0.39 is 28.5 Å². The van der Waals surface area contributed by atoms with E-state index in [-0.39, 0.29) is 27.8 Å². The van der Waals surface area contributed by atoms with Crippen molar-refractivity contribution in [1.29, 1.82) is 0 Å². The molecule has 166 valence electrons. The molecule has 1 heterocycles. The number of aromatic nitrogens is 2. The van der Waals surface area contributed by atoms with Gasteiger partial charge in [-0.2, -0.15) is 13.2 Å². The summed E-state index contributed by atoms with van der Waals surface area (Å²) < 4.78 is 38.7. The Morgan fingerprint density at radius 2 is 1.84 bits per heavy atom. The van der Waals surface area contributed by atoms with Crippen molar-refractivity contribution in [2.24, 2.45) is 0 Å². The largest absolute Gasteiger partial charge is 0.416 e. The zero-order valence-electron chi connectivity index (χ0n) is 15.8. The average Bonchev–Trinajstić information content (AvgIpc) is 3.19. The predicted molar refractivity (Wildman–Crippen MR) is 112 cm³/mol. The lowest BCUT2D eigenvalue weighted by Crippen LogP contribution is -2.14. The van der Waals surface area contributed by atoms with Crippen LogP contribution in [0, 0.1) is 10.1 Å². The zero-order chi connectivity index (χ0) is 23.3. The number of alkyl halides is 3. The molecule has 0 saturated carbocycles. The Bertz CT molecular complexity index is 1170. The topological polar surface area (TPSA) is 127 Å². The van der Waals surface area contributed by atoms with Crippen molar-refractivity contribution in [2.75, 3.05) is 16.4 Å². The summed E-state index contributed by atoms with van der Waals surface area (Å²) in [7, 11) is 0. The highest BCUT2D eigenvalue weighted by Gasteiger charge is 2.31. The molecule has 0 unspecified atom stereocenters. The molecule has 0 aliphatic carbocycles. The monoisotopic (exact) mass is 483 g/mol. The summed E-state index contributed by atoms with van der Waals surface area (Å²) in [5.41, 5.74) is -1.05. The number of nitrogens with one attached hydrogen (secondary N) is 2. The van der Waals surface area contributed by atoms with Crippen LogP contribution in [0.3, 0.4) is 0 Å². The van der Waals surface area contributed by atoms with Crippen molar-refractivity contribution in [3.05, 3.63) is 69.8 Å². The number of hydrogen-bond acceptors (Lipinski definition) is 8. The summed E-state index contributed by atoms with van der Waals surface area (Å²) in [6.07, 6.45) is -4.58. The molecule has 0 saturated heterocycles. The number of thioether (sulfide) groups is 1. The second-order valence-electron chi connectivity index (χ2n) is 6.05. The maximum Gasteiger partial charge on any atom is 0.416 e. The van der Waals surface area contributed by atoms with Crippen LogP contribution in [-0.2, 0) is 11.0 Å². The first kappa shape index (κ1) is 23.1. The second kappa shape index (κ2) is 9.74. The SMILES string of the molecule is O=C(CSc1nnc(NC(=O)c2cccc(C(F)(F)F)c2)s1)Nc1cccc([N+](=O)[O-])c1. The van der Waals surface area contributed by atoms with Crippen LogP contribution in [0.15, 0.2) is 52.9 Å². The fraction of sp³-hybridized carbons (Fsp3) is 0.111. The molecular weight excluding hydrogens is 471 g/mol. The van der Waals surface area contributed by atoms with E-state index in [0.717, 1.165) is 41.3 Å². The summed E-state index contributed by atoms with van der Waals surface area (Å²) in [4.78, 5) is 34.4. The van der Waals surface area contributed by atoms with Crippen molar-refractivity contribution in [3.63, 3.8) is 0 Å². The number of hydrogen-bond donors (Lipinski definition) is 2. The normalized spacial score (nSPS) is 11.1. The van der Waals surface area contributed by atoms with E-state index in [1.807, 2.05) is 0 Å². The van der Waals surface area contributed by atoms with E-state index in [4.69, 9.17) is 0 Å². The van der Waals surface area contributed by atoms with Crippen molar-refractivity contribution < 1.29 is 27.7 Å². The average molecular weight is 483 g/mol. The Hall–Kier alpha value is -3.52. The fourth-order valence-electron chi connectivity index (χ4n) is 2.35. The van der Waals surface area contributed by atoms with Crippen LogP contribution in [0.5, 0.6) is 0 Å². The molecule has 32 heavy (non-hydrogen) atoms. The maximum absolute atomic E-state index is 12.8. The number of benzene rings is 2. The minimum absolute atomic E-state index is 0.0500. The molecule has 0 bridgehead atoms. The van der Waals surface area contributed by atoms with Gasteiger partial charge in [0.15, 0.2) is 4.34 Å². The number of nitrogens with zero attached hydrogens (tertiary/aromatic N) is 3. The van der Waals surface area contributed by atoms with Crippen LogP contribution < -0.4 is 10.6 Å². The van der Waals surface area contributed by atoms with Crippen LogP contribution in [0.1, 0.15) is 15.9 Å². The molecule has 2 N–H and O–H groups in total. The van der Waals surface area contributed by atoms with Gasteiger partial charge in [0.2, 0.25) is 11.0 Å². The first-order valence-electron chi connectivity index (χ1n) is 8.61. The van der Waals surface area contributed by atoms with Gasteiger partial charge in [-0.25, -0.2) is 0 Å². The van der Waals surface area contributed by atoms with Gasteiger partial charge in [-0.3, -0.25) is 25.0 Å². The van der Waals surface area contributed by atoms with E-state index in [1.54, 1.807) is 0 Å². The third-order valence-corrected chi connectivity index (χ3v) is 5.72. The second-order valence-corrected chi connectivity index (χ2v) is 8.25. The standard InChI is InChI=1S/C18H12F3N5O4S2/c19-18(20,21)11-4-1-3-10(7-11)15(28)23-16-24-25-17(32-16)31-9-14(27)22-12-5-2-6-13(8-12)26(29)30/h1-8H,9H2,(H,22,27)(H,23,24,28). The number of non-ortho nitro benzene ring substituents is 1. The van der Waals surface area contributed by atoms with Crippen LogP contribution in [-0.4, -0.2) is 32.7 Å². The van der Waals surface area contributed by atoms with Crippen molar-refractivity contribution in [2.45, 2.75) is 10.5 Å². The summed E-state index contributed by atoms with van der Waals surface area (Å²) in [5.74, 6) is -1.31. The highest BCUT2D eigenvalue weighted by atomic mass is 32.2. The molecule has 0 aliphatic rings. The summed E-state index contributed by atoms with van der Waals surface area (Å²) in [5, 5.41) is 23.2. The highest BCUT2D eigenvalue weighted by molar-refractivity contribution is 8.01. The highest BCUT2D eigenvalue weighted by Crippen LogP contribution is 2.30. The number of halogens is 3. The molecule has 14 heteroatoms. The first-order chi connectivity index (χ1) is 15.1. The van der Waals surface area contributed by atoms with E-state index >= 15 is 0 Å². The smallest absolute Gasteiger partial charge is 0.325 e. The van der Waals surface area contributed by atoms with Gasteiger partial charge >= 0.3 is 6.18 Å². The molecule has 2 amide bonds. The number of amides is 2. The van der Waals surface area contributed by atoms with E-state index in [9.17, 15) is 32.9 Å². The van der Waals surface area contributed by atoms with Gasteiger partial charge in [-0.05, 0) is 24.3 Å². The van der Waals surface area contributed by atoms with Crippen molar-refractivity contribution in [3.8, 4) is 0 Å². The third kappa shape index (κ3) is 6.24. The number of nitro benzene ring substituents is 1. The van der Waals surface area contributed by atoms with E-state index in [1.165, 1.54) is 30.3 Å². The molecule has 0 aliphatic heterocycles. The zero-order valence-corrected chi connectivity index (χ0v) is 17.4. The Morgan fingerprint density at radius 1 is 1.09 bits per heavy atom. The lowest BCUT2D eigenvalue weighted by atomic mass is 10.1. The molecule has 3 aromatic rings. The molecule has 9 nitrogen and oxygen atoms in total. The Morgan fingerprint density at radius 3 is 2.56 bits per heavy atom. The molecule has 1 aromatic heterocycles. The predicted octanol–water partition coefficient (Wildman–Crippen LogP) is 4.45. The maximum atomic E-state index is 12.8. The first-order valence-corrected chi connectivity index (χ1v) is 10.4. The molecular formula is C18H12F3N5O4S2. The summed E-state index contributed by atoms with van der Waals surface area (Å²) >= 11 is 1.94. The van der Waals surface area contributed by atoms with Crippen LogP contribution in [0.4, 0.5) is 29.7 Å². The molecule has 0 atom stereocenters. The van der Waals surface area contributed by atoms with Gasteiger partial charge in [0.25, 0.3) is 11.6 Å². The molecule has 0 radical (unpaired) electrons. The van der Waals surface area contributed by atoms with E-state index in [0.29, 0.717) is 4.34 Å². The number of carbonyl (C=O) groups is 2. The Balaban J connectivity index is 1.55. The molecule has 0 spiro atoms. The molecule has 3 rings (SSSR count). The molecule has 0 fully saturated rings. The van der Waals surface area contributed by atoms with Gasteiger partial charge in [-0.1, -0.05) is 35.2 Å². The fourth-order valence-corrected chi connectivity index (χ4v) is 3.89. The van der Waals surface area contributed by atoms with Gasteiger partial charge in [0.05, 0.1) is 16.2 Å². The van der Waals surface area contributed by atoms with Gasteiger partial charge < -0.3 is 5.32 Å². The minimum Gasteiger partial charge on any atom is -0.325 e. The van der Waals surface area contributed by atoms with Gasteiger partial charge in [0, 0.05) is 23.4 Å². The lowest BCUT2D eigenvalue weighted by molar-refractivity contribution is -0.384. The van der Waals surface area contributed by atoms with Crippen molar-refractivity contribution in [1.82, 2.24) is 10.2 Å². The number of rotatable bonds is 7. The lowest BCUT2D eigenvalue weighted by Gasteiger charge is -2.08. The number of nitro groups is 1. The third-order valence-electron chi connectivity index (χ3n) is 3.75. The quantitative estimate of drug-likeness (QED) is 0.220. The van der Waals surface area contributed by atoms with Gasteiger partial charge in [-0.15, -0.1) is 10.2 Å².